The maximum atomic E-state index is 12.1. The molecule has 202 valence electrons. The molecule has 0 amide bonds. The van der Waals surface area contributed by atoms with Crippen LogP contribution in [0.2, 0.25) is 0 Å². The van der Waals surface area contributed by atoms with Crippen molar-refractivity contribution in [2.24, 2.45) is 56.7 Å². The van der Waals surface area contributed by atoms with Gasteiger partial charge in [-0.15, -0.1) is 0 Å². The average molecular weight is 499 g/mol. The molecule has 4 nitrogen and oxygen atoms in total. The molecule has 4 heteroatoms. The first kappa shape index (κ1) is 26.3. The van der Waals surface area contributed by atoms with Crippen LogP contribution in [0.3, 0.4) is 0 Å². The fourth-order valence-electron chi connectivity index (χ4n) is 11.8. The van der Waals surface area contributed by atoms with Crippen molar-refractivity contribution in [2.75, 3.05) is 0 Å². The van der Waals surface area contributed by atoms with Crippen LogP contribution in [0.1, 0.15) is 113 Å². The Labute approximate surface area is 219 Å². The molecule has 36 heavy (non-hydrogen) atoms. The third-order valence-electron chi connectivity index (χ3n) is 13.7. The van der Waals surface area contributed by atoms with Gasteiger partial charge in [0.15, 0.2) is 0 Å². The Balaban J connectivity index is 1.50. The highest BCUT2D eigenvalue weighted by Crippen LogP contribution is 2.76. The molecule has 10 atom stereocenters. The summed E-state index contributed by atoms with van der Waals surface area (Å²) in [5.41, 5.74) is 1.62. The highest BCUT2D eigenvalue weighted by atomic mass is 16.5. The number of hydrogen-bond acceptors (Lipinski definition) is 3. The normalized spacial score (nSPS) is 51.5. The summed E-state index contributed by atoms with van der Waals surface area (Å²) >= 11 is 0. The minimum Gasteiger partial charge on any atom is -0.478 e. The third kappa shape index (κ3) is 3.30. The van der Waals surface area contributed by atoms with Crippen molar-refractivity contribution in [3.05, 3.63) is 11.6 Å². The smallest absolute Gasteiger partial charge is 0.331 e. The molecule has 0 aliphatic heterocycles. The lowest BCUT2D eigenvalue weighted by Gasteiger charge is -2.73. The Morgan fingerprint density at radius 1 is 0.889 bits per heavy atom. The molecule has 0 bridgehead atoms. The van der Waals surface area contributed by atoms with Gasteiger partial charge in [0.1, 0.15) is 6.10 Å². The van der Waals surface area contributed by atoms with E-state index in [0.29, 0.717) is 29.2 Å². The molecule has 0 heterocycles. The number of esters is 1. The summed E-state index contributed by atoms with van der Waals surface area (Å²) in [4.78, 5) is 24.0. The Hall–Kier alpha value is -1.32. The van der Waals surface area contributed by atoms with Crippen molar-refractivity contribution >= 4 is 11.9 Å². The van der Waals surface area contributed by atoms with Gasteiger partial charge in [0.2, 0.25) is 0 Å². The predicted octanol–water partition coefficient (Wildman–Crippen LogP) is 7.66. The largest absolute Gasteiger partial charge is 0.478 e. The number of rotatable bonds is 2. The van der Waals surface area contributed by atoms with Crippen molar-refractivity contribution in [1.29, 1.82) is 0 Å². The predicted molar refractivity (Wildman–Crippen MR) is 142 cm³/mol. The molecule has 4 fully saturated rings. The monoisotopic (exact) mass is 498 g/mol. The SMILES string of the molecule is CC(=O)OC1CCC2(C)C(CCC3(C)C2CCC2C4C(C)C(C(=O)O)=CCC4(C)CCC23C)C1(C)C. The molecule has 0 spiro atoms. The Kier molecular flexibility index (Phi) is 5.91. The minimum atomic E-state index is -0.712. The van der Waals surface area contributed by atoms with E-state index in [1.54, 1.807) is 6.92 Å². The number of aliphatic carboxylic acids is 1. The van der Waals surface area contributed by atoms with Crippen LogP contribution in [0.25, 0.3) is 0 Å². The molecule has 0 radical (unpaired) electrons. The fourth-order valence-corrected chi connectivity index (χ4v) is 11.8. The summed E-state index contributed by atoms with van der Waals surface area (Å²) in [7, 11) is 0. The maximum Gasteiger partial charge on any atom is 0.331 e. The van der Waals surface area contributed by atoms with Gasteiger partial charge in [-0.1, -0.05) is 54.5 Å². The van der Waals surface area contributed by atoms with Crippen LogP contribution < -0.4 is 0 Å². The number of carbonyl (C=O) groups excluding carboxylic acids is 1. The summed E-state index contributed by atoms with van der Waals surface area (Å²) < 4.78 is 5.89. The molecular formula is C32H50O4. The topological polar surface area (TPSA) is 63.6 Å². The first-order valence-electron chi connectivity index (χ1n) is 14.7. The number of carbonyl (C=O) groups is 2. The van der Waals surface area contributed by atoms with Crippen LogP contribution in [0.4, 0.5) is 0 Å². The van der Waals surface area contributed by atoms with Gasteiger partial charge >= 0.3 is 11.9 Å². The van der Waals surface area contributed by atoms with E-state index in [0.717, 1.165) is 19.3 Å². The van der Waals surface area contributed by atoms with E-state index in [-0.39, 0.29) is 45.1 Å². The van der Waals surface area contributed by atoms with E-state index < -0.39 is 5.97 Å². The van der Waals surface area contributed by atoms with Gasteiger partial charge in [-0.25, -0.2) is 4.79 Å². The lowest BCUT2D eigenvalue weighted by atomic mass is 9.31. The first-order chi connectivity index (χ1) is 16.6. The lowest BCUT2D eigenvalue weighted by Crippen LogP contribution is -2.67. The number of carboxylic acids is 1. The molecular weight excluding hydrogens is 448 g/mol. The van der Waals surface area contributed by atoms with E-state index in [1.807, 2.05) is 0 Å². The molecule has 5 aliphatic rings. The van der Waals surface area contributed by atoms with Gasteiger partial charge in [-0.05, 0) is 109 Å². The van der Waals surface area contributed by atoms with E-state index in [2.05, 4.69) is 54.5 Å². The van der Waals surface area contributed by atoms with E-state index in [1.165, 1.54) is 38.5 Å². The summed E-state index contributed by atoms with van der Waals surface area (Å²) in [5.74, 6) is 1.53. The Morgan fingerprint density at radius 2 is 1.58 bits per heavy atom. The van der Waals surface area contributed by atoms with E-state index in [9.17, 15) is 14.7 Å². The maximum absolute atomic E-state index is 12.1. The zero-order valence-electron chi connectivity index (χ0n) is 24.1. The second-order valence-electron chi connectivity index (χ2n) is 15.3. The molecule has 10 unspecified atom stereocenters. The van der Waals surface area contributed by atoms with E-state index in [4.69, 9.17) is 4.74 Å². The molecule has 0 aromatic heterocycles. The number of hydrogen-bond donors (Lipinski definition) is 1. The van der Waals surface area contributed by atoms with Gasteiger partial charge < -0.3 is 9.84 Å². The van der Waals surface area contributed by atoms with Crippen LogP contribution in [0.5, 0.6) is 0 Å². The minimum absolute atomic E-state index is 0.0119. The summed E-state index contributed by atoms with van der Waals surface area (Å²) in [6, 6.07) is 0. The second-order valence-corrected chi connectivity index (χ2v) is 15.3. The number of allylic oxidation sites excluding steroid dienone is 1. The summed E-state index contributed by atoms with van der Waals surface area (Å²) in [5, 5.41) is 9.97. The van der Waals surface area contributed by atoms with Gasteiger partial charge in [0, 0.05) is 17.9 Å². The standard InChI is InChI=1S/C32H50O4/c1-19-21(27(34)35)11-14-29(5)17-18-31(7)22(26(19)29)9-10-24-30(6)15-13-25(36-20(2)33)28(3,4)23(30)12-16-32(24,31)8/h11,19,22-26H,9-10,12-18H2,1-8H3,(H,34,35). The summed E-state index contributed by atoms with van der Waals surface area (Å²) in [6.45, 7) is 18.7. The van der Waals surface area contributed by atoms with Crippen LogP contribution in [-0.2, 0) is 14.3 Å². The van der Waals surface area contributed by atoms with Crippen LogP contribution in [0.15, 0.2) is 11.6 Å². The number of ether oxygens (including phenoxy) is 1. The quantitative estimate of drug-likeness (QED) is 0.397. The van der Waals surface area contributed by atoms with Crippen LogP contribution in [-0.4, -0.2) is 23.1 Å². The molecule has 0 saturated heterocycles. The fraction of sp³-hybridized carbons (Fsp3) is 0.875. The van der Waals surface area contributed by atoms with Crippen molar-refractivity contribution in [1.82, 2.24) is 0 Å². The van der Waals surface area contributed by atoms with Gasteiger partial charge in [-0.2, -0.15) is 0 Å². The zero-order valence-corrected chi connectivity index (χ0v) is 24.1. The van der Waals surface area contributed by atoms with Crippen molar-refractivity contribution in [3.8, 4) is 0 Å². The Morgan fingerprint density at radius 3 is 2.22 bits per heavy atom. The highest BCUT2D eigenvalue weighted by Gasteiger charge is 2.70. The van der Waals surface area contributed by atoms with E-state index >= 15 is 0 Å². The second kappa shape index (κ2) is 8.09. The van der Waals surface area contributed by atoms with Crippen molar-refractivity contribution in [2.45, 2.75) is 119 Å². The molecule has 0 aromatic carbocycles. The van der Waals surface area contributed by atoms with Gasteiger partial charge in [-0.3, -0.25) is 4.79 Å². The lowest BCUT2D eigenvalue weighted by molar-refractivity contribution is -0.252. The molecule has 5 aliphatic carbocycles. The van der Waals surface area contributed by atoms with Gasteiger partial charge in [0.25, 0.3) is 0 Å². The van der Waals surface area contributed by atoms with Crippen molar-refractivity contribution < 1.29 is 19.4 Å². The molecule has 5 rings (SSSR count). The Bertz CT molecular complexity index is 981. The molecule has 1 N–H and O–H groups in total. The highest BCUT2D eigenvalue weighted by molar-refractivity contribution is 5.87. The average Bonchev–Trinajstić information content (AvgIpc) is 2.76. The van der Waals surface area contributed by atoms with Crippen LogP contribution >= 0.6 is 0 Å². The van der Waals surface area contributed by atoms with Crippen LogP contribution in [0, 0.1) is 56.7 Å². The number of carboxylic acid groups (broad SMARTS) is 1. The molecule has 4 saturated carbocycles. The molecule has 0 aromatic rings. The third-order valence-corrected chi connectivity index (χ3v) is 13.7. The van der Waals surface area contributed by atoms with Crippen molar-refractivity contribution in [3.63, 3.8) is 0 Å². The first-order valence-corrected chi connectivity index (χ1v) is 14.7. The number of fused-ring (bicyclic) bond motifs is 7. The zero-order chi connectivity index (χ0) is 26.5. The summed E-state index contributed by atoms with van der Waals surface area (Å²) in [6.07, 6.45) is 12.5. The van der Waals surface area contributed by atoms with Gasteiger partial charge in [0.05, 0.1) is 0 Å².